The van der Waals surface area contributed by atoms with Crippen molar-refractivity contribution in [1.29, 1.82) is 0 Å². The lowest BCUT2D eigenvalue weighted by Gasteiger charge is -2.14. The van der Waals surface area contributed by atoms with Crippen LogP contribution in [0.3, 0.4) is 0 Å². The number of carbonyl (C=O) groups excluding carboxylic acids is 1. The first kappa shape index (κ1) is 19.7. The van der Waals surface area contributed by atoms with Crippen LogP contribution in [0.2, 0.25) is 5.02 Å². The molecule has 0 bridgehead atoms. The predicted octanol–water partition coefficient (Wildman–Crippen LogP) is 4.80. The SMILES string of the molecule is COc1ccc(/C=C2/SC(=S)N(CCc3ccc(Cl)cc3)C2=O)c(OC)c1. The van der Waals surface area contributed by atoms with E-state index < -0.39 is 0 Å². The van der Waals surface area contributed by atoms with Crippen molar-refractivity contribution in [1.82, 2.24) is 4.90 Å². The van der Waals surface area contributed by atoms with Gasteiger partial charge in [-0.05, 0) is 42.3 Å². The molecule has 27 heavy (non-hydrogen) atoms. The summed E-state index contributed by atoms with van der Waals surface area (Å²) in [6.07, 6.45) is 2.52. The molecule has 1 amide bonds. The molecule has 0 radical (unpaired) electrons. The molecule has 1 fully saturated rings. The van der Waals surface area contributed by atoms with E-state index in [-0.39, 0.29) is 5.91 Å². The smallest absolute Gasteiger partial charge is 0.266 e. The van der Waals surface area contributed by atoms with E-state index in [0.29, 0.717) is 38.7 Å². The third kappa shape index (κ3) is 4.64. The van der Waals surface area contributed by atoms with E-state index in [0.717, 1.165) is 11.1 Å². The quantitative estimate of drug-likeness (QED) is 0.496. The zero-order valence-corrected chi connectivity index (χ0v) is 17.3. The minimum absolute atomic E-state index is 0.0863. The summed E-state index contributed by atoms with van der Waals surface area (Å²) in [7, 11) is 3.18. The number of ether oxygens (including phenoxy) is 2. The topological polar surface area (TPSA) is 38.8 Å². The average Bonchev–Trinajstić information content (AvgIpc) is 2.94. The Kier molecular flexibility index (Phi) is 6.42. The van der Waals surface area contributed by atoms with Gasteiger partial charge in [-0.3, -0.25) is 9.69 Å². The van der Waals surface area contributed by atoms with Crippen LogP contribution in [-0.4, -0.2) is 35.9 Å². The van der Waals surface area contributed by atoms with Crippen molar-refractivity contribution >= 4 is 51.9 Å². The lowest BCUT2D eigenvalue weighted by molar-refractivity contribution is -0.122. The molecule has 0 spiro atoms. The monoisotopic (exact) mass is 419 g/mol. The molecular formula is C20H18ClNO3S2. The number of hydrogen-bond donors (Lipinski definition) is 0. The molecule has 1 aliphatic heterocycles. The number of carbonyl (C=O) groups is 1. The van der Waals surface area contributed by atoms with Crippen LogP contribution in [0.1, 0.15) is 11.1 Å². The van der Waals surface area contributed by atoms with E-state index in [2.05, 4.69) is 0 Å². The molecule has 3 rings (SSSR count). The molecule has 1 aliphatic rings. The number of rotatable bonds is 6. The highest BCUT2D eigenvalue weighted by molar-refractivity contribution is 8.26. The average molecular weight is 420 g/mol. The van der Waals surface area contributed by atoms with Gasteiger partial charge in [0.2, 0.25) is 0 Å². The standard InChI is InChI=1S/C20H18ClNO3S2/c1-24-16-8-5-14(17(12-16)25-2)11-18-19(23)22(20(26)27-18)10-9-13-3-6-15(21)7-4-13/h3-8,11-12H,9-10H2,1-2H3/b18-11+. The number of hydrogen-bond acceptors (Lipinski definition) is 5. The molecule has 2 aromatic carbocycles. The van der Waals surface area contributed by atoms with Gasteiger partial charge in [0.05, 0.1) is 19.1 Å². The van der Waals surface area contributed by atoms with Gasteiger partial charge < -0.3 is 9.47 Å². The largest absolute Gasteiger partial charge is 0.497 e. The van der Waals surface area contributed by atoms with E-state index in [1.54, 1.807) is 31.3 Å². The lowest BCUT2D eigenvalue weighted by Crippen LogP contribution is -2.30. The highest BCUT2D eigenvalue weighted by atomic mass is 35.5. The molecule has 7 heteroatoms. The van der Waals surface area contributed by atoms with E-state index in [1.165, 1.54) is 11.8 Å². The molecule has 1 heterocycles. The second-order valence-corrected chi connectivity index (χ2v) is 7.93. The first-order valence-electron chi connectivity index (χ1n) is 8.23. The van der Waals surface area contributed by atoms with E-state index in [1.807, 2.05) is 36.4 Å². The van der Waals surface area contributed by atoms with Gasteiger partial charge in [0.1, 0.15) is 15.8 Å². The summed E-state index contributed by atoms with van der Waals surface area (Å²) in [5, 5.41) is 0.695. The highest BCUT2D eigenvalue weighted by Gasteiger charge is 2.31. The molecule has 0 saturated carbocycles. The third-order valence-corrected chi connectivity index (χ3v) is 5.77. The highest BCUT2D eigenvalue weighted by Crippen LogP contribution is 2.35. The fourth-order valence-electron chi connectivity index (χ4n) is 2.66. The lowest BCUT2D eigenvalue weighted by atomic mass is 10.1. The molecule has 0 atom stereocenters. The van der Waals surface area contributed by atoms with Gasteiger partial charge in [-0.1, -0.05) is 47.7 Å². The number of thiocarbonyl (C=S) groups is 1. The Labute approximate surface area is 173 Å². The fourth-order valence-corrected chi connectivity index (χ4v) is 4.09. The summed E-state index contributed by atoms with van der Waals surface area (Å²) < 4.78 is 11.2. The van der Waals surface area contributed by atoms with E-state index in [4.69, 9.17) is 33.3 Å². The minimum Gasteiger partial charge on any atom is -0.497 e. The Morgan fingerprint density at radius 1 is 1.15 bits per heavy atom. The molecule has 4 nitrogen and oxygen atoms in total. The second-order valence-electron chi connectivity index (χ2n) is 5.82. The first-order chi connectivity index (χ1) is 13.0. The maximum Gasteiger partial charge on any atom is 0.266 e. The fraction of sp³-hybridized carbons (Fsp3) is 0.200. The van der Waals surface area contributed by atoms with Gasteiger partial charge in [0.25, 0.3) is 5.91 Å². The maximum absolute atomic E-state index is 12.8. The van der Waals surface area contributed by atoms with Gasteiger partial charge >= 0.3 is 0 Å². The maximum atomic E-state index is 12.8. The first-order valence-corrected chi connectivity index (χ1v) is 9.84. The Morgan fingerprint density at radius 3 is 2.56 bits per heavy atom. The van der Waals surface area contributed by atoms with Gasteiger partial charge in [-0.2, -0.15) is 0 Å². The van der Waals surface area contributed by atoms with Crippen LogP contribution in [-0.2, 0) is 11.2 Å². The van der Waals surface area contributed by atoms with Crippen molar-refractivity contribution in [2.75, 3.05) is 20.8 Å². The van der Waals surface area contributed by atoms with Crippen LogP contribution in [0.15, 0.2) is 47.4 Å². The van der Waals surface area contributed by atoms with Crippen molar-refractivity contribution < 1.29 is 14.3 Å². The van der Waals surface area contributed by atoms with Crippen LogP contribution >= 0.6 is 35.6 Å². The third-order valence-electron chi connectivity index (χ3n) is 4.14. The van der Waals surface area contributed by atoms with Crippen LogP contribution in [0.5, 0.6) is 11.5 Å². The summed E-state index contributed by atoms with van der Waals surface area (Å²) in [5.74, 6) is 1.25. The van der Waals surface area contributed by atoms with Gasteiger partial charge in [0, 0.05) is 23.2 Å². The number of amides is 1. The molecule has 2 aromatic rings. The molecule has 0 aromatic heterocycles. The molecule has 0 unspecified atom stereocenters. The van der Waals surface area contributed by atoms with Crippen LogP contribution < -0.4 is 9.47 Å². The predicted molar refractivity (Wildman–Crippen MR) is 115 cm³/mol. The van der Waals surface area contributed by atoms with Gasteiger partial charge in [-0.25, -0.2) is 0 Å². The molecule has 1 saturated heterocycles. The number of thioether (sulfide) groups is 1. The summed E-state index contributed by atoms with van der Waals surface area (Å²) in [5.41, 5.74) is 1.91. The van der Waals surface area contributed by atoms with Crippen molar-refractivity contribution in [3.63, 3.8) is 0 Å². The minimum atomic E-state index is -0.0863. The van der Waals surface area contributed by atoms with Crippen molar-refractivity contribution in [3.05, 3.63) is 63.5 Å². The van der Waals surface area contributed by atoms with Crippen LogP contribution in [0.4, 0.5) is 0 Å². The van der Waals surface area contributed by atoms with Crippen LogP contribution in [0, 0.1) is 0 Å². The Morgan fingerprint density at radius 2 is 1.89 bits per heavy atom. The summed E-state index contributed by atoms with van der Waals surface area (Å²) in [6, 6.07) is 13.1. The van der Waals surface area contributed by atoms with Gasteiger partial charge in [-0.15, -0.1) is 0 Å². The zero-order valence-electron chi connectivity index (χ0n) is 14.9. The zero-order chi connectivity index (χ0) is 19.4. The molecule has 0 aliphatic carbocycles. The Bertz CT molecular complexity index is 897. The second kappa shape index (κ2) is 8.78. The Hall–Kier alpha value is -2.02. The molecule has 140 valence electrons. The van der Waals surface area contributed by atoms with Crippen LogP contribution in [0.25, 0.3) is 6.08 Å². The number of halogens is 1. The normalized spacial score (nSPS) is 15.5. The molecular weight excluding hydrogens is 402 g/mol. The number of benzene rings is 2. The summed E-state index contributed by atoms with van der Waals surface area (Å²) in [4.78, 5) is 15.0. The van der Waals surface area contributed by atoms with Crippen molar-refractivity contribution in [2.24, 2.45) is 0 Å². The van der Waals surface area contributed by atoms with E-state index >= 15 is 0 Å². The van der Waals surface area contributed by atoms with Crippen molar-refractivity contribution in [2.45, 2.75) is 6.42 Å². The number of methoxy groups -OCH3 is 2. The summed E-state index contributed by atoms with van der Waals surface area (Å²) in [6.45, 7) is 0.531. The van der Waals surface area contributed by atoms with E-state index in [9.17, 15) is 4.79 Å². The summed E-state index contributed by atoms with van der Waals surface area (Å²) >= 11 is 12.6. The molecule has 0 N–H and O–H groups in total. The van der Waals surface area contributed by atoms with Crippen molar-refractivity contribution in [3.8, 4) is 11.5 Å². The Balaban J connectivity index is 1.75. The van der Waals surface area contributed by atoms with Gasteiger partial charge in [0.15, 0.2) is 0 Å². The number of nitrogens with zero attached hydrogens (tertiary/aromatic N) is 1.